The van der Waals surface area contributed by atoms with Gasteiger partial charge >= 0.3 is 29.6 Å². The summed E-state index contributed by atoms with van der Waals surface area (Å²) in [6.45, 7) is 0. The number of methoxy groups -OCH3 is 2. The number of aliphatic carboxylic acids is 1. The molecule has 26 heavy (non-hydrogen) atoms. The molecule has 1 aromatic heterocycles. The van der Waals surface area contributed by atoms with Gasteiger partial charge in [-0.25, -0.2) is 0 Å². The van der Waals surface area contributed by atoms with Gasteiger partial charge in [0.05, 0.1) is 19.6 Å². The van der Waals surface area contributed by atoms with Crippen molar-refractivity contribution in [3.63, 3.8) is 0 Å². The van der Waals surface area contributed by atoms with Gasteiger partial charge in [-0.1, -0.05) is 12.1 Å². The van der Waals surface area contributed by atoms with Crippen molar-refractivity contribution in [1.29, 1.82) is 0 Å². The number of rotatable bonds is 5. The SMILES string of the molecule is COc1ccc(-c2cc(=O)c3cccc(CC(=O)[O-])c3o2)cc1OC.[Na+]. The average molecular weight is 362 g/mol. The molecular formula is C19H15NaO6. The van der Waals surface area contributed by atoms with E-state index in [0.29, 0.717) is 33.8 Å². The molecule has 6 nitrogen and oxygen atoms in total. The zero-order valence-corrected chi connectivity index (χ0v) is 16.7. The van der Waals surface area contributed by atoms with Crippen LogP contribution < -0.4 is 49.6 Å². The molecule has 0 saturated heterocycles. The number of hydrogen-bond donors (Lipinski definition) is 0. The topological polar surface area (TPSA) is 88.8 Å². The van der Waals surface area contributed by atoms with E-state index >= 15 is 0 Å². The van der Waals surface area contributed by atoms with E-state index in [4.69, 9.17) is 13.9 Å². The Hall–Kier alpha value is -2.28. The summed E-state index contributed by atoms with van der Waals surface area (Å²) in [5.41, 5.74) is 0.979. The molecule has 0 bridgehead atoms. The predicted molar refractivity (Wildman–Crippen MR) is 89.7 cm³/mol. The molecular weight excluding hydrogens is 347 g/mol. The van der Waals surface area contributed by atoms with Crippen LogP contribution in [0.3, 0.4) is 0 Å². The van der Waals surface area contributed by atoms with E-state index < -0.39 is 5.97 Å². The maximum Gasteiger partial charge on any atom is 1.00 e. The Morgan fingerprint density at radius 1 is 1.08 bits per heavy atom. The summed E-state index contributed by atoms with van der Waals surface area (Å²) < 4.78 is 16.3. The van der Waals surface area contributed by atoms with Gasteiger partial charge in [0, 0.05) is 29.6 Å². The van der Waals surface area contributed by atoms with Gasteiger partial charge < -0.3 is 23.8 Å². The van der Waals surface area contributed by atoms with Crippen molar-refractivity contribution in [1.82, 2.24) is 0 Å². The summed E-state index contributed by atoms with van der Waals surface area (Å²) in [7, 11) is 3.04. The van der Waals surface area contributed by atoms with Crippen molar-refractivity contribution >= 4 is 16.9 Å². The molecule has 0 unspecified atom stereocenters. The second-order valence-corrected chi connectivity index (χ2v) is 5.39. The Bertz CT molecular complexity index is 1010. The van der Waals surface area contributed by atoms with Gasteiger partial charge in [0.25, 0.3) is 0 Å². The van der Waals surface area contributed by atoms with E-state index in [-0.39, 0.29) is 47.0 Å². The number of hydrogen-bond acceptors (Lipinski definition) is 6. The van der Waals surface area contributed by atoms with Crippen LogP contribution in [-0.4, -0.2) is 20.2 Å². The number of carboxylic acid groups (broad SMARTS) is 1. The summed E-state index contributed by atoms with van der Waals surface area (Å²) in [6.07, 6.45) is -0.338. The van der Waals surface area contributed by atoms with E-state index in [1.165, 1.54) is 20.3 Å². The van der Waals surface area contributed by atoms with Gasteiger partial charge in [-0.2, -0.15) is 0 Å². The number of carboxylic acids is 1. The van der Waals surface area contributed by atoms with E-state index in [1.54, 1.807) is 36.4 Å². The first-order chi connectivity index (χ1) is 12.0. The Labute approximate surface area is 171 Å². The molecule has 128 valence electrons. The second-order valence-electron chi connectivity index (χ2n) is 5.39. The van der Waals surface area contributed by atoms with Crippen molar-refractivity contribution in [2.75, 3.05) is 14.2 Å². The number of carbonyl (C=O) groups is 1. The first-order valence-electron chi connectivity index (χ1n) is 7.51. The molecule has 0 aliphatic rings. The Balaban J connectivity index is 0.00000243. The molecule has 0 aliphatic carbocycles. The Morgan fingerprint density at radius 2 is 1.81 bits per heavy atom. The number of carbonyl (C=O) groups excluding carboxylic acids is 1. The summed E-state index contributed by atoms with van der Waals surface area (Å²) in [6, 6.07) is 11.3. The molecule has 0 aliphatic heterocycles. The van der Waals surface area contributed by atoms with Gasteiger partial charge in [-0.05, 0) is 24.3 Å². The van der Waals surface area contributed by atoms with Crippen LogP contribution in [0.15, 0.2) is 51.7 Å². The van der Waals surface area contributed by atoms with E-state index in [2.05, 4.69) is 0 Å². The largest absolute Gasteiger partial charge is 1.00 e. The molecule has 1 heterocycles. The quantitative estimate of drug-likeness (QED) is 0.529. The zero-order valence-electron chi connectivity index (χ0n) is 14.7. The van der Waals surface area contributed by atoms with Crippen molar-refractivity contribution in [2.45, 2.75) is 6.42 Å². The third-order valence-electron chi connectivity index (χ3n) is 3.84. The van der Waals surface area contributed by atoms with Crippen LogP contribution in [0.5, 0.6) is 11.5 Å². The molecule has 0 N–H and O–H groups in total. The molecule has 7 heteroatoms. The summed E-state index contributed by atoms with van der Waals surface area (Å²) in [4.78, 5) is 23.4. The van der Waals surface area contributed by atoms with Crippen LogP contribution in [-0.2, 0) is 11.2 Å². The summed E-state index contributed by atoms with van der Waals surface area (Å²) in [5, 5.41) is 11.3. The van der Waals surface area contributed by atoms with Crippen molar-refractivity contribution < 1.29 is 53.3 Å². The maximum atomic E-state index is 12.4. The fraction of sp³-hybridized carbons (Fsp3) is 0.158. The Kier molecular flexibility index (Phi) is 6.47. The molecule has 0 atom stereocenters. The number of fused-ring (bicyclic) bond motifs is 1. The third-order valence-corrected chi connectivity index (χ3v) is 3.84. The van der Waals surface area contributed by atoms with Crippen molar-refractivity contribution in [2.24, 2.45) is 0 Å². The van der Waals surface area contributed by atoms with Crippen LogP contribution >= 0.6 is 0 Å². The molecule has 3 rings (SSSR count). The van der Waals surface area contributed by atoms with Crippen LogP contribution in [0.1, 0.15) is 5.56 Å². The molecule has 3 aromatic rings. The first kappa shape index (κ1) is 20.0. The normalized spacial score (nSPS) is 10.2. The number of ether oxygens (including phenoxy) is 2. The van der Waals surface area contributed by atoms with E-state index in [9.17, 15) is 14.7 Å². The Morgan fingerprint density at radius 3 is 2.46 bits per heavy atom. The summed E-state index contributed by atoms with van der Waals surface area (Å²) in [5.74, 6) is 0.105. The van der Waals surface area contributed by atoms with Gasteiger partial charge in [-0.3, -0.25) is 4.79 Å². The average Bonchev–Trinajstić information content (AvgIpc) is 2.61. The molecule has 0 spiro atoms. The maximum absolute atomic E-state index is 12.4. The van der Waals surface area contributed by atoms with E-state index in [1.807, 2.05) is 0 Å². The molecule has 0 fully saturated rings. The van der Waals surface area contributed by atoms with E-state index in [0.717, 1.165) is 0 Å². The monoisotopic (exact) mass is 362 g/mol. The number of benzene rings is 2. The molecule has 0 saturated carbocycles. The minimum Gasteiger partial charge on any atom is -0.550 e. The minimum atomic E-state index is -1.24. The van der Waals surface area contributed by atoms with Gasteiger partial charge in [0.2, 0.25) is 0 Å². The molecule has 0 radical (unpaired) electrons. The van der Waals surface area contributed by atoms with Crippen LogP contribution in [0.2, 0.25) is 0 Å². The molecule has 2 aromatic carbocycles. The fourth-order valence-electron chi connectivity index (χ4n) is 2.66. The standard InChI is InChI=1S/C19H16O6.Na/c1-23-15-7-6-11(8-17(15)24-2)16-10-14(20)13-5-3-4-12(9-18(21)22)19(13)25-16;/h3-8,10H,9H2,1-2H3,(H,21,22);/q;+1/p-1. The smallest absolute Gasteiger partial charge is 0.550 e. The fourth-order valence-corrected chi connectivity index (χ4v) is 2.66. The first-order valence-corrected chi connectivity index (χ1v) is 7.51. The van der Waals surface area contributed by atoms with Gasteiger partial charge in [0.1, 0.15) is 11.3 Å². The van der Waals surface area contributed by atoms with Crippen LogP contribution in [0, 0.1) is 0 Å². The minimum absolute atomic E-state index is 0. The van der Waals surface area contributed by atoms with Gasteiger partial charge in [-0.15, -0.1) is 0 Å². The van der Waals surface area contributed by atoms with Crippen LogP contribution in [0.25, 0.3) is 22.3 Å². The third kappa shape index (κ3) is 3.93. The van der Waals surface area contributed by atoms with Crippen molar-refractivity contribution in [3.8, 4) is 22.8 Å². The summed E-state index contributed by atoms with van der Waals surface area (Å²) >= 11 is 0. The zero-order chi connectivity index (χ0) is 18.0. The predicted octanol–water partition coefficient (Wildman–Crippen LogP) is -1.23. The van der Waals surface area contributed by atoms with Gasteiger partial charge in [0.15, 0.2) is 16.9 Å². The second kappa shape index (κ2) is 8.40. The van der Waals surface area contributed by atoms with Crippen LogP contribution in [0.4, 0.5) is 0 Å². The number of para-hydroxylation sites is 1. The molecule has 0 amide bonds. The van der Waals surface area contributed by atoms with Crippen molar-refractivity contribution in [3.05, 3.63) is 58.3 Å².